The summed E-state index contributed by atoms with van der Waals surface area (Å²) in [5.74, 6) is 2.23. The van der Waals surface area contributed by atoms with Crippen molar-refractivity contribution in [2.75, 3.05) is 11.1 Å². The summed E-state index contributed by atoms with van der Waals surface area (Å²) < 4.78 is 5.41. The summed E-state index contributed by atoms with van der Waals surface area (Å²) in [4.78, 5) is 4.07. The van der Waals surface area contributed by atoms with Crippen LogP contribution in [-0.2, 0) is 6.54 Å². The van der Waals surface area contributed by atoms with Gasteiger partial charge in [0.2, 0.25) is 0 Å². The highest BCUT2D eigenvalue weighted by molar-refractivity contribution is 5.62. The van der Waals surface area contributed by atoms with Gasteiger partial charge in [-0.2, -0.15) is 5.26 Å². The van der Waals surface area contributed by atoms with Crippen molar-refractivity contribution in [3.05, 3.63) is 41.5 Å². The number of pyridine rings is 1. The first-order valence-electron chi connectivity index (χ1n) is 5.14. The number of aryl methyl sites for hydroxylation is 1. The summed E-state index contributed by atoms with van der Waals surface area (Å²) in [5.41, 5.74) is 6.66. The van der Waals surface area contributed by atoms with E-state index in [4.69, 9.17) is 15.4 Å². The number of nitrogens with two attached hydrogens (primary N) is 1. The minimum atomic E-state index is 0.446. The summed E-state index contributed by atoms with van der Waals surface area (Å²) in [7, 11) is 0. The van der Waals surface area contributed by atoms with Gasteiger partial charge in [0.1, 0.15) is 23.4 Å². The van der Waals surface area contributed by atoms with Crippen LogP contribution in [0.4, 0.5) is 11.5 Å². The fourth-order valence-electron chi connectivity index (χ4n) is 1.44. The normalized spacial score (nSPS) is 9.88. The van der Waals surface area contributed by atoms with Gasteiger partial charge in [-0.15, -0.1) is 0 Å². The van der Waals surface area contributed by atoms with Gasteiger partial charge in [0.25, 0.3) is 0 Å². The average Bonchev–Trinajstić information content (AvgIpc) is 2.73. The first-order valence-corrected chi connectivity index (χ1v) is 5.14. The van der Waals surface area contributed by atoms with E-state index in [2.05, 4.69) is 10.3 Å². The van der Waals surface area contributed by atoms with Gasteiger partial charge in [-0.1, -0.05) is 0 Å². The molecule has 3 N–H and O–H groups in total. The number of rotatable bonds is 3. The van der Waals surface area contributed by atoms with E-state index in [1.165, 1.54) is 6.20 Å². The lowest BCUT2D eigenvalue weighted by atomic mass is 10.3. The van der Waals surface area contributed by atoms with E-state index in [0.717, 1.165) is 11.5 Å². The summed E-state index contributed by atoms with van der Waals surface area (Å²) in [5, 5.41) is 11.7. The second-order valence-electron chi connectivity index (χ2n) is 3.64. The molecule has 86 valence electrons. The predicted molar refractivity (Wildman–Crippen MR) is 64.1 cm³/mol. The Bertz CT molecular complexity index is 568. The van der Waals surface area contributed by atoms with Crippen LogP contribution in [0.1, 0.15) is 17.1 Å². The van der Waals surface area contributed by atoms with Crippen molar-refractivity contribution in [3.8, 4) is 6.07 Å². The zero-order valence-electron chi connectivity index (χ0n) is 9.40. The van der Waals surface area contributed by atoms with Crippen molar-refractivity contribution in [2.24, 2.45) is 0 Å². The van der Waals surface area contributed by atoms with Gasteiger partial charge in [-0.25, -0.2) is 4.98 Å². The number of nitrogens with zero attached hydrogens (tertiary/aromatic N) is 2. The molecular weight excluding hydrogens is 216 g/mol. The lowest BCUT2D eigenvalue weighted by Gasteiger charge is -2.06. The molecule has 2 aromatic rings. The highest BCUT2D eigenvalue weighted by Gasteiger charge is 2.03. The van der Waals surface area contributed by atoms with Crippen molar-refractivity contribution in [2.45, 2.75) is 13.5 Å². The number of aromatic nitrogens is 1. The maximum atomic E-state index is 8.68. The standard InChI is InChI=1S/C12H12N4O/c1-8-2-3-10(17-8)7-16-12-11(14)4-9(5-13)6-15-12/h2-4,6H,7,14H2,1H3,(H,15,16). The topological polar surface area (TPSA) is 87.9 Å². The molecule has 0 bridgehead atoms. The van der Waals surface area contributed by atoms with E-state index in [-0.39, 0.29) is 0 Å². The van der Waals surface area contributed by atoms with Crippen molar-refractivity contribution < 1.29 is 4.42 Å². The Morgan fingerprint density at radius 1 is 1.53 bits per heavy atom. The fourth-order valence-corrected chi connectivity index (χ4v) is 1.44. The number of furan rings is 1. The number of nitrogen functional groups attached to an aromatic ring is 1. The van der Waals surface area contributed by atoms with Crippen LogP contribution >= 0.6 is 0 Å². The largest absolute Gasteiger partial charge is 0.465 e. The first-order chi connectivity index (χ1) is 8.19. The molecule has 0 saturated heterocycles. The zero-order valence-corrected chi connectivity index (χ0v) is 9.40. The number of anilines is 2. The van der Waals surface area contributed by atoms with Crippen LogP contribution < -0.4 is 11.1 Å². The molecule has 0 fully saturated rings. The molecule has 0 atom stereocenters. The zero-order chi connectivity index (χ0) is 12.3. The van der Waals surface area contributed by atoms with Gasteiger partial charge in [0, 0.05) is 6.20 Å². The van der Waals surface area contributed by atoms with Gasteiger partial charge < -0.3 is 15.5 Å². The van der Waals surface area contributed by atoms with Crippen LogP contribution in [0.15, 0.2) is 28.8 Å². The summed E-state index contributed by atoms with van der Waals surface area (Å²) >= 11 is 0. The molecule has 0 aliphatic heterocycles. The summed E-state index contributed by atoms with van der Waals surface area (Å²) in [6, 6.07) is 7.36. The Morgan fingerprint density at radius 2 is 2.35 bits per heavy atom. The molecule has 0 aliphatic carbocycles. The molecule has 5 heteroatoms. The Morgan fingerprint density at radius 3 is 2.94 bits per heavy atom. The van der Waals surface area contributed by atoms with Crippen LogP contribution in [0.5, 0.6) is 0 Å². The molecule has 0 radical (unpaired) electrons. The second-order valence-corrected chi connectivity index (χ2v) is 3.64. The summed E-state index contributed by atoms with van der Waals surface area (Å²) in [6.45, 7) is 2.40. The first kappa shape index (κ1) is 11.0. The van der Waals surface area contributed by atoms with E-state index < -0.39 is 0 Å². The van der Waals surface area contributed by atoms with Crippen molar-refractivity contribution in [1.82, 2.24) is 4.98 Å². The van der Waals surface area contributed by atoms with Gasteiger partial charge in [-0.3, -0.25) is 0 Å². The molecule has 0 saturated carbocycles. The van der Waals surface area contributed by atoms with E-state index >= 15 is 0 Å². The Labute approximate surface area is 98.9 Å². The van der Waals surface area contributed by atoms with E-state index in [0.29, 0.717) is 23.6 Å². The fraction of sp³-hybridized carbons (Fsp3) is 0.167. The SMILES string of the molecule is Cc1ccc(CNc2ncc(C#N)cc2N)o1. The lowest BCUT2D eigenvalue weighted by Crippen LogP contribution is -2.04. The average molecular weight is 228 g/mol. The quantitative estimate of drug-likeness (QED) is 0.839. The predicted octanol–water partition coefficient (Wildman–Crippen LogP) is 2.05. The Hall–Kier alpha value is -2.48. The van der Waals surface area contributed by atoms with E-state index in [1.807, 2.05) is 25.1 Å². The van der Waals surface area contributed by atoms with Crippen molar-refractivity contribution >= 4 is 11.5 Å². The molecule has 2 heterocycles. The molecule has 5 nitrogen and oxygen atoms in total. The maximum absolute atomic E-state index is 8.68. The lowest BCUT2D eigenvalue weighted by molar-refractivity contribution is 0.490. The Balaban J connectivity index is 2.07. The minimum absolute atomic E-state index is 0.446. The monoisotopic (exact) mass is 228 g/mol. The van der Waals surface area contributed by atoms with Crippen LogP contribution in [0.2, 0.25) is 0 Å². The van der Waals surface area contributed by atoms with E-state index in [9.17, 15) is 0 Å². The van der Waals surface area contributed by atoms with Gasteiger partial charge in [0.15, 0.2) is 0 Å². The number of hydrogen-bond donors (Lipinski definition) is 2. The van der Waals surface area contributed by atoms with Gasteiger partial charge >= 0.3 is 0 Å². The van der Waals surface area contributed by atoms with Crippen LogP contribution in [0.3, 0.4) is 0 Å². The molecular formula is C12H12N4O. The van der Waals surface area contributed by atoms with Crippen LogP contribution in [-0.4, -0.2) is 4.98 Å². The van der Waals surface area contributed by atoms with E-state index in [1.54, 1.807) is 6.07 Å². The molecule has 0 unspecified atom stereocenters. The Kier molecular flexibility index (Phi) is 2.97. The number of nitriles is 1. The third-order valence-electron chi connectivity index (χ3n) is 2.27. The second kappa shape index (κ2) is 4.58. The van der Waals surface area contributed by atoms with Crippen molar-refractivity contribution in [1.29, 1.82) is 5.26 Å². The van der Waals surface area contributed by atoms with Crippen LogP contribution in [0, 0.1) is 18.3 Å². The highest BCUT2D eigenvalue weighted by Crippen LogP contribution is 2.17. The molecule has 0 aliphatic rings. The van der Waals surface area contributed by atoms with Crippen LogP contribution in [0.25, 0.3) is 0 Å². The molecule has 0 aromatic carbocycles. The van der Waals surface area contributed by atoms with Gasteiger partial charge in [0.05, 0.1) is 17.8 Å². The van der Waals surface area contributed by atoms with Gasteiger partial charge in [-0.05, 0) is 25.1 Å². The number of nitrogens with one attached hydrogen (secondary N) is 1. The van der Waals surface area contributed by atoms with Crippen molar-refractivity contribution in [3.63, 3.8) is 0 Å². The third-order valence-corrected chi connectivity index (χ3v) is 2.27. The molecule has 17 heavy (non-hydrogen) atoms. The molecule has 2 rings (SSSR count). The maximum Gasteiger partial charge on any atom is 0.149 e. The summed E-state index contributed by atoms with van der Waals surface area (Å²) in [6.07, 6.45) is 1.48. The molecule has 2 aromatic heterocycles. The highest BCUT2D eigenvalue weighted by atomic mass is 16.3. The smallest absolute Gasteiger partial charge is 0.149 e. The molecule has 0 amide bonds. The molecule has 0 spiro atoms. The third kappa shape index (κ3) is 2.55. The number of hydrogen-bond acceptors (Lipinski definition) is 5. The minimum Gasteiger partial charge on any atom is -0.465 e.